The molecule has 1 unspecified atom stereocenters. The fourth-order valence-corrected chi connectivity index (χ4v) is 5.24. The number of aliphatic hydroxyl groups excluding tert-OH is 1. The van der Waals surface area contributed by atoms with E-state index in [1.54, 1.807) is 0 Å². The van der Waals surface area contributed by atoms with Crippen molar-refractivity contribution in [1.82, 2.24) is 4.98 Å². The zero-order chi connectivity index (χ0) is 20.7. The standard InChI is InChI=1S/C25H33N4O/c1-16(11-18-3-4-18)12-25-27-15-24-22(20-9-10-26-17(2)13-20)14-23(29(24)28-25)19-5-7-21(30)8-6-19/h9-10,13-16,18-19,21,24,30H,3-8,11-12H2,1-2H3/q+1/t16-,19?,21?,24?/m0/s1. The molecule has 1 N–H and O–H groups in total. The Hall–Kier alpha value is -2.14. The first-order chi connectivity index (χ1) is 14.6. The van der Waals surface area contributed by atoms with Crippen molar-refractivity contribution < 1.29 is 9.79 Å². The molecule has 158 valence electrons. The molecule has 5 rings (SSSR count). The van der Waals surface area contributed by atoms with Crippen LogP contribution in [0.3, 0.4) is 0 Å². The molecule has 1 aromatic rings. The molecule has 2 atom stereocenters. The maximum Gasteiger partial charge on any atom is 0.245 e. The highest BCUT2D eigenvalue weighted by Crippen LogP contribution is 2.37. The Labute approximate surface area is 179 Å². The number of aliphatic hydroxyl groups is 1. The fourth-order valence-electron chi connectivity index (χ4n) is 5.24. The number of aromatic nitrogens is 1. The minimum absolute atomic E-state index is 0.0659. The summed E-state index contributed by atoms with van der Waals surface area (Å²) in [7, 11) is 0. The number of hydrazone groups is 1. The zero-order valence-electron chi connectivity index (χ0n) is 18.2. The van der Waals surface area contributed by atoms with Crippen LogP contribution in [0.4, 0.5) is 0 Å². The predicted octanol–water partition coefficient (Wildman–Crippen LogP) is 4.38. The summed E-state index contributed by atoms with van der Waals surface area (Å²) in [6.07, 6.45) is 15.1. The molecule has 0 aromatic carbocycles. The number of aliphatic imine (C=N–C) groups is 1. The number of pyridine rings is 1. The summed E-state index contributed by atoms with van der Waals surface area (Å²) in [6.45, 7) is 4.37. The highest BCUT2D eigenvalue weighted by atomic mass is 16.3. The minimum atomic E-state index is -0.143. The van der Waals surface area contributed by atoms with Crippen LogP contribution in [0.5, 0.6) is 0 Å². The van der Waals surface area contributed by atoms with Crippen LogP contribution in [0, 0.1) is 24.7 Å². The monoisotopic (exact) mass is 405 g/mol. The van der Waals surface area contributed by atoms with Crippen molar-refractivity contribution in [3.8, 4) is 0 Å². The molecule has 0 radical (unpaired) electrons. The second-order valence-electron chi connectivity index (χ2n) is 9.79. The largest absolute Gasteiger partial charge is 0.393 e. The van der Waals surface area contributed by atoms with Crippen molar-refractivity contribution in [2.24, 2.45) is 27.8 Å². The third-order valence-electron chi connectivity index (χ3n) is 7.05. The lowest BCUT2D eigenvalue weighted by Crippen LogP contribution is -2.33. The van der Waals surface area contributed by atoms with Crippen LogP contribution in [0.15, 0.2) is 34.5 Å². The summed E-state index contributed by atoms with van der Waals surface area (Å²) in [5.74, 6) is 2.99. The number of allylic oxidation sites excluding steroid dienone is 1. The number of aryl methyl sites for hydroxylation is 1. The van der Waals surface area contributed by atoms with Crippen molar-refractivity contribution in [1.29, 1.82) is 0 Å². The minimum Gasteiger partial charge on any atom is -0.393 e. The van der Waals surface area contributed by atoms with E-state index in [1.807, 2.05) is 13.1 Å². The normalized spacial score (nSPS) is 29.5. The molecule has 0 saturated heterocycles. The molecule has 3 heterocycles. The van der Waals surface area contributed by atoms with Gasteiger partial charge in [0.1, 0.15) is 0 Å². The van der Waals surface area contributed by atoms with Crippen molar-refractivity contribution in [2.75, 3.05) is 0 Å². The number of rotatable bonds is 6. The number of amidine groups is 1. The van der Waals surface area contributed by atoms with Crippen molar-refractivity contribution in [2.45, 2.75) is 77.4 Å². The summed E-state index contributed by atoms with van der Waals surface area (Å²) < 4.78 is 2.24. The van der Waals surface area contributed by atoms with Gasteiger partial charge in [0.2, 0.25) is 11.8 Å². The molecule has 0 amide bonds. The van der Waals surface area contributed by atoms with Gasteiger partial charge in [-0.2, -0.15) is 0 Å². The smallest absolute Gasteiger partial charge is 0.245 e. The van der Waals surface area contributed by atoms with Crippen LogP contribution in [0.2, 0.25) is 0 Å². The molecule has 30 heavy (non-hydrogen) atoms. The topological polar surface area (TPSA) is 60.9 Å². The van der Waals surface area contributed by atoms with E-state index in [0.717, 1.165) is 49.6 Å². The van der Waals surface area contributed by atoms with Crippen molar-refractivity contribution in [3.05, 3.63) is 35.7 Å². The highest BCUT2D eigenvalue weighted by Gasteiger charge is 2.42. The molecular formula is C25H33N4O+. The Bertz CT molecular complexity index is 932. The van der Waals surface area contributed by atoms with E-state index in [2.05, 4.69) is 41.0 Å². The van der Waals surface area contributed by atoms with E-state index < -0.39 is 0 Å². The van der Waals surface area contributed by atoms with Crippen molar-refractivity contribution in [3.63, 3.8) is 0 Å². The summed E-state index contributed by atoms with van der Waals surface area (Å²) in [5, 5.41) is 15.1. The van der Waals surface area contributed by atoms with Gasteiger partial charge in [0.05, 0.1) is 12.3 Å². The first kappa shape index (κ1) is 19.8. The van der Waals surface area contributed by atoms with Gasteiger partial charge in [-0.05, 0) is 68.6 Å². The first-order valence-corrected chi connectivity index (χ1v) is 11.7. The number of hydrogen-bond acceptors (Lipinski definition) is 4. The highest BCUT2D eigenvalue weighted by molar-refractivity contribution is 6.08. The second kappa shape index (κ2) is 8.18. The Morgan fingerprint density at radius 3 is 2.70 bits per heavy atom. The molecule has 2 saturated carbocycles. The third-order valence-corrected chi connectivity index (χ3v) is 7.05. The predicted molar refractivity (Wildman–Crippen MR) is 121 cm³/mol. The van der Waals surface area contributed by atoms with E-state index in [9.17, 15) is 5.11 Å². The maximum absolute atomic E-state index is 9.99. The summed E-state index contributed by atoms with van der Waals surface area (Å²) in [5.41, 5.74) is 4.80. The van der Waals surface area contributed by atoms with Crippen LogP contribution < -0.4 is 0 Å². The van der Waals surface area contributed by atoms with Gasteiger partial charge in [-0.1, -0.05) is 24.4 Å². The van der Waals surface area contributed by atoms with Gasteiger partial charge in [-0.25, -0.2) is 4.99 Å². The Kier molecular flexibility index (Phi) is 5.40. The molecule has 2 aliphatic carbocycles. The van der Waals surface area contributed by atoms with Gasteiger partial charge in [-0.15, -0.1) is 0 Å². The molecule has 5 heteroatoms. The van der Waals surface area contributed by atoms with Crippen LogP contribution in [0.25, 0.3) is 5.57 Å². The molecule has 0 bridgehead atoms. The lowest BCUT2D eigenvalue weighted by molar-refractivity contribution is -0.539. The third kappa shape index (κ3) is 4.18. The molecule has 1 aromatic heterocycles. The van der Waals surface area contributed by atoms with Crippen LogP contribution >= 0.6 is 0 Å². The van der Waals surface area contributed by atoms with Gasteiger partial charge < -0.3 is 5.11 Å². The van der Waals surface area contributed by atoms with Crippen molar-refractivity contribution >= 4 is 23.3 Å². The average Bonchev–Trinajstić information content (AvgIpc) is 3.46. The molecule has 5 nitrogen and oxygen atoms in total. The van der Waals surface area contributed by atoms with E-state index in [0.29, 0.717) is 11.8 Å². The summed E-state index contributed by atoms with van der Waals surface area (Å²) in [6, 6.07) is 4.31. The van der Waals surface area contributed by atoms with Crippen LogP contribution in [-0.2, 0) is 0 Å². The maximum atomic E-state index is 9.99. The molecule has 0 spiro atoms. The van der Waals surface area contributed by atoms with Gasteiger partial charge in [-0.3, -0.25) is 4.98 Å². The van der Waals surface area contributed by atoms with Gasteiger partial charge in [0.15, 0.2) is 5.84 Å². The number of fused-ring (bicyclic) bond motifs is 1. The summed E-state index contributed by atoms with van der Waals surface area (Å²) >= 11 is 0. The SMILES string of the molecule is Cc1cc(C2=CC(C3CCC(O)CC3)=[N+]3N=C(C[C@@H](C)CC4CC4)N=CC23)ccn1. The lowest BCUT2D eigenvalue weighted by Gasteiger charge is -2.23. The Morgan fingerprint density at radius 1 is 1.17 bits per heavy atom. The average molecular weight is 406 g/mol. The lowest BCUT2D eigenvalue weighted by atomic mass is 9.84. The van der Waals surface area contributed by atoms with Crippen LogP contribution in [-0.4, -0.2) is 44.7 Å². The molecule has 2 aliphatic heterocycles. The van der Waals surface area contributed by atoms with Gasteiger partial charge in [0.25, 0.3) is 0 Å². The Morgan fingerprint density at radius 2 is 1.97 bits per heavy atom. The van der Waals surface area contributed by atoms with E-state index >= 15 is 0 Å². The molecule has 4 aliphatic rings. The van der Waals surface area contributed by atoms with Gasteiger partial charge >= 0.3 is 0 Å². The quantitative estimate of drug-likeness (QED) is 0.714. The molecular weight excluding hydrogens is 372 g/mol. The number of hydrogen-bond donors (Lipinski definition) is 1. The molecule has 2 fully saturated rings. The zero-order valence-corrected chi connectivity index (χ0v) is 18.2. The summed E-state index contributed by atoms with van der Waals surface area (Å²) in [4.78, 5) is 9.17. The number of nitrogens with zero attached hydrogens (tertiary/aromatic N) is 4. The van der Waals surface area contributed by atoms with Gasteiger partial charge in [0, 0.05) is 41.0 Å². The Balaban J connectivity index is 1.44. The van der Waals surface area contributed by atoms with E-state index in [1.165, 1.54) is 36.1 Å². The van der Waals surface area contributed by atoms with E-state index in [4.69, 9.17) is 10.1 Å². The van der Waals surface area contributed by atoms with E-state index in [-0.39, 0.29) is 12.1 Å². The fraction of sp³-hybridized carbons (Fsp3) is 0.600. The van der Waals surface area contributed by atoms with Crippen LogP contribution in [0.1, 0.15) is 69.5 Å². The second-order valence-corrected chi connectivity index (χ2v) is 9.79. The first-order valence-electron chi connectivity index (χ1n) is 11.7.